The van der Waals surface area contributed by atoms with Crippen molar-refractivity contribution in [2.75, 3.05) is 5.32 Å². The second kappa shape index (κ2) is 6.31. The van der Waals surface area contributed by atoms with Crippen LogP contribution in [-0.2, 0) is 0 Å². The summed E-state index contributed by atoms with van der Waals surface area (Å²) in [5.74, 6) is -0.627. The van der Waals surface area contributed by atoms with Gasteiger partial charge in [0.2, 0.25) is 11.0 Å². The minimum Gasteiger partial charge on any atom is -0.493 e. The summed E-state index contributed by atoms with van der Waals surface area (Å²) >= 11 is 11.0. The minimum atomic E-state index is -0.452. The molecule has 1 aromatic heterocycles. The van der Waals surface area contributed by atoms with Crippen LogP contribution >= 0.6 is 23.8 Å². The van der Waals surface area contributed by atoms with Gasteiger partial charge < -0.3 is 15.4 Å². The van der Waals surface area contributed by atoms with E-state index in [1.807, 2.05) is 0 Å². The average Bonchev–Trinajstić information content (AvgIpc) is 2.85. The molecular formula is C15H10ClFN4OS. The van der Waals surface area contributed by atoms with Crippen molar-refractivity contribution in [3.8, 4) is 5.88 Å². The average molecular weight is 349 g/mol. The summed E-state index contributed by atoms with van der Waals surface area (Å²) in [6.45, 7) is 0. The first kappa shape index (κ1) is 15.4. The van der Waals surface area contributed by atoms with Crippen molar-refractivity contribution < 1.29 is 9.50 Å². The van der Waals surface area contributed by atoms with Gasteiger partial charge in [0, 0.05) is 5.39 Å². The number of aromatic nitrogens is 1. The Labute approximate surface area is 140 Å². The van der Waals surface area contributed by atoms with Gasteiger partial charge in [-0.3, -0.25) is 0 Å². The van der Waals surface area contributed by atoms with Gasteiger partial charge in [-0.1, -0.05) is 35.9 Å². The Kier molecular flexibility index (Phi) is 4.22. The van der Waals surface area contributed by atoms with Crippen molar-refractivity contribution in [2.45, 2.75) is 0 Å². The summed E-state index contributed by atoms with van der Waals surface area (Å²) in [5, 5.41) is 21.3. The molecule has 116 valence electrons. The molecule has 3 N–H and O–H groups in total. The third kappa shape index (κ3) is 3.15. The zero-order chi connectivity index (χ0) is 16.4. The molecule has 0 saturated carbocycles. The Bertz CT molecular complexity index is 925. The molecule has 23 heavy (non-hydrogen) atoms. The molecule has 0 aliphatic carbocycles. The highest BCUT2D eigenvalue weighted by Crippen LogP contribution is 2.38. The van der Waals surface area contributed by atoms with Gasteiger partial charge in [-0.25, -0.2) is 4.39 Å². The standard InChI is InChI=1S/C15H10ClFN4OS/c16-9-5-3-4-8-12(9)19-14(22)13(8)20-21-15(23)18-11-7-2-1-6-10(11)17/h1-7,19,22H,(H,18,23). The van der Waals surface area contributed by atoms with E-state index in [9.17, 15) is 9.50 Å². The van der Waals surface area contributed by atoms with Crippen LogP contribution in [0.2, 0.25) is 5.02 Å². The number of hydrogen-bond acceptors (Lipinski definition) is 3. The van der Waals surface area contributed by atoms with Crippen LogP contribution in [0.15, 0.2) is 52.7 Å². The van der Waals surface area contributed by atoms with Crippen molar-refractivity contribution in [3.63, 3.8) is 0 Å². The quantitative estimate of drug-likeness (QED) is 0.443. The molecule has 3 rings (SSSR count). The van der Waals surface area contributed by atoms with Crippen LogP contribution < -0.4 is 5.32 Å². The lowest BCUT2D eigenvalue weighted by molar-refractivity contribution is 0.459. The summed E-state index contributed by atoms with van der Waals surface area (Å²) < 4.78 is 13.5. The largest absolute Gasteiger partial charge is 0.493 e. The summed E-state index contributed by atoms with van der Waals surface area (Å²) in [4.78, 5) is 2.72. The first-order chi connectivity index (χ1) is 11.1. The van der Waals surface area contributed by atoms with Crippen LogP contribution in [0.4, 0.5) is 15.8 Å². The first-order valence-corrected chi connectivity index (χ1v) is 7.31. The maximum atomic E-state index is 13.5. The smallest absolute Gasteiger partial charge is 0.218 e. The molecule has 3 aromatic rings. The molecular weight excluding hydrogens is 339 g/mol. The zero-order valence-corrected chi connectivity index (χ0v) is 13.1. The highest BCUT2D eigenvalue weighted by atomic mass is 35.5. The number of rotatable bonds is 2. The number of aromatic amines is 1. The van der Waals surface area contributed by atoms with Crippen molar-refractivity contribution in [1.29, 1.82) is 0 Å². The van der Waals surface area contributed by atoms with Crippen LogP contribution in [0.5, 0.6) is 5.88 Å². The number of nitrogens with zero attached hydrogens (tertiary/aromatic N) is 2. The Morgan fingerprint density at radius 1 is 1.22 bits per heavy atom. The number of thiocarbonyl (C=S) groups is 1. The van der Waals surface area contributed by atoms with Crippen molar-refractivity contribution in [1.82, 2.24) is 4.98 Å². The summed E-state index contributed by atoms with van der Waals surface area (Å²) in [6, 6.07) is 11.2. The second-order valence-electron chi connectivity index (χ2n) is 4.59. The number of hydrogen-bond donors (Lipinski definition) is 3. The van der Waals surface area contributed by atoms with Gasteiger partial charge in [-0.2, -0.15) is 0 Å². The fraction of sp³-hybridized carbons (Fsp3) is 0. The van der Waals surface area contributed by atoms with Crippen LogP contribution in [0.1, 0.15) is 0 Å². The third-order valence-corrected chi connectivity index (χ3v) is 3.59. The fourth-order valence-electron chi connectivity index (χ4n) is 2.05. The second-order valence-corrected chi connectivity index (χ2v) is 5.39. The van der Waals surface area contributed by atoms with Gasteiger partial charge in [0.05, 0.1) is 16.2 Å². The van der Waals surface area contributed by atoms with Gasteiger partial charge in [-0.05, 0) is 30.4 Å². The van der Waals surface area contributed by atoms with Gasteiger partial charge >= 0.3 is 0 Å². The fourth-order valence-corrected chi connectivity index (χ4v) is 2.43. The predicted octanol–water partition coefficient (Wildman–Crippen LogP) is 5.15. The Morgan fingerprint density at radius 2 is 2.00 bits per heavy atom. The van der Waals surface area contributed by atoms with Crippen molar-refractivity contribution >= 4 is 51.2 Å². The lowest BCUT2D eigenvalue weighted by atomic mass is 10.2. The molecule has 0 amide bonds. The molecule has 5 nitrogen and oxygen atoms in total. The lowest BCUT2D eigenvalue weighted by Crippen LogP contribution is -2.06. The maximum absolute atomic E-state index is 13.5. The Hall–Kier alpha value is -2.51. The van der Waals surface area contributed by atoms with E-state index in [4.69, 9.17) is 23.8 Å². The van der Waals surface area contributed by atoms with Gasteiger partial charge in [-0.15, -0.1) is 10.2 Å². The number of H-pyrrole nitrogens is 1. The normalized spacial score (nSPS) is 11.2. The van der Waals surface area contributed by atoms with E-state index in [0.717, 1.165) is 0 Å². The number of benzene rings is 2. The number of halogens is 2. The van der Waals surface area contributed by atoms with E-state index in [-0.39, 0.29) is 22.4 Å². The molecule has 0 spiro atoms. The molecule has 1 heterocycles. The Morgan fingerprint density at radius 3 is 2.78 bits per heavy atom. The van der Waals surface area contributed by atoms with Crippen LogP contribution in [0.25, 0.3) is 10.9 Å². The predicted molar refractivity (Wildman–Crippen MR) is 92.1 cm³/mol. The Balaban J connectivity index is 1.86. The van der Waals surface area contributed by atoms with E-state index < -0.39 is 5.82 Å². The SMILES string of the molecule is Oc1[nH]c2c(Cl)cccc2c1N=NC(=S)Nc1ccccc1F. The van der Waals surface area contributed by atoms with E-state index in [2.05, 4.69) is 20.5 Å². The van der Waals surface area contributed by atoms with E-state index in [0.29, 0.717) is 15.9 Å². The third-order valence-electron chi connectivity index (χ3n) is 3.09. The van der Waals surface area contributed by atoms with Gasteiger partial charge in [0.15, 0.2) is 5.69 Å². The molecule has 0 aliphatic rings. The summed E-state index contributed by atoms with van der Waals surface area (Å²) in [7, 11) is 0. The van der Waals surface area contributed by atoms with Crippen molar-refractivity contribution in [2.24, 2.45) is 10.2 Å². The van der Waals surface area contributed by atoms with E-state index >= 15 is 0 Å². The number of nitrogens with one attached hydrogen (secondary N) is 2. The molecule has 0 fully saturated rings. The van der Waals surface area contributed by atoms with Crippen LogP contribution in [0, 0.1) is 5.82 Å². The maximum Gasteiger partial charge on any atom is 0.218 e. The van der Waals surface area contributed by atoms with Crippen molar-refractivity contribution in [3.05, 3.63) is 53.3 Å². The minimum absolute atomic E-state index is 0.0362. The highest BCUT2D eigenvalue weighted by molar-refractivity contribution is 7.80. The molecule has 0 radical (unpaired) electrons. The number of anilines is 1. The molecule has 0 bridgehead atoms. The van der Waals surface area contributed by atoms with Crippen LogP contribution in [-0.4, -0.2) is 15.2 Å². The van der Waals surface area contributed by atoms with Crippen LogP contribution in [0.3, 0.4) is 0 Å². The topological polar surface area (TPSA) is 72.8 Å². The molecule has 2 aromatic carbocycles. The summed E-state index contributed by atoms with van der Waals surface area (Å²) in [6.07, 6.45) is 0. The molecule has 0 aliphatic heterocycles. The van der Waals surface area contributed by atoms with E-state index in [1.165, 1.54) is 12.1 Å². The molecule has 0 atom stereocenters. The van der Waals surface area contributed by atoms with Gasteiger partial charge in [0.1, 0.15) is 5.82 Å². The van der Waals surface area contributed by atoms with Gasteiger partial charge in [0.25, 0.3) is 0 Å². The monoisotopic (exact) mass is 348 g/mol. The van der Waals surface area contributed by atoms with E-state index in [1.54, 1.807) is 30.3 Å². The number of fused-ring (bicyclic) bond motifs is 1. The zero-order valence-electron chi connectivity index (χ0n) is 11.5. The lowest BCUT2D eigenvalue weighted by Gasteiger charge is -2.03. The number of azo groups is 1. The molecule has 0 saturated heterocycles. The molecule has 0 unspecified atom stereocenters. The first-order valence-electron chi connectivity index (χ1n) is 6.52. The highest BCUT2D eigenvalue weighted by Gasteiger charge is 2.12. The number of aromatic hydroxyl groups is 1. The summed E-state index contributed by atoms with van der Waals surface area (Å²) in [5.41, 5.74) is 0.955. The molecule has 8 heteroatoms. The number of para-hydroxylation sites is 2.